The maximum Gasteiger partial charge on any atom is 0.416 e. The Balaban J connectivity index is 1.95. The van der Waals surface area contributed by atoms with Crippen LogP contribution in [0.15, 0.2) is 30.3 Å². The van der Waals surface area contributed by atoms with E-state index in [9.17, 15) is 27.2 Å². The van der Waals surface area contributed by atoms with Gasteiger partial charge in [-0.2, -0.15) is 13.2 Å². The molecule has 1 aromatic heterocycles. The highest BCUT2D eigenvalue weighted by Gasteiger charge is 2.43. The predicted molar refractivity (Wildman–Crippen MR) is 96.1 cm³/mol. The smallest absolute Gasteiger partial charge is 0.416 e. The number of hydrogen-bond donors (Lipinski definition) is 0. The molecular weight excluding hydrogens is 394 g/mol. The first kappa shape index (κ1) is 20.6. The van der Waals surface area contributed by atoms with Crippen LogP contribution in [0.1, 0.15) is 16.8 Å². The highest BCUT2D eigenvalue weighted by Crippen LogP contribution is 2.33. The average molecular weight is 411 g/mol. The molecule has 0 radical (unpaired) electrons. The summed E-state index contributed by atoms with van der Waals surface area (Å²) >= 11 is 0. The third kappa shape index (κ3) is 4.01. The standard InChI is InChI=1S/C19H17F4N3O3/c1-10-6-13(4-5-14(10)20)25(3)17(27)15-9-29-18(28)26(15)16-8-12(19(21,22)23)7-11(2)24-16/h4-8,15H,9H2,1-3H3/t15-/m0/s1. The molecule has 2 heterocycles. The van der Waals surface area contributed by atoms with Gasteiger partial charge in [0, 0.05) is 18.4 Å². The maximum atomic E-state index is 13.5. The fourth-order valence-electron chi connectivity index (χ4n) is 2.98. The molecule has 3 rings (SSSR count). The van der Waals surface area contributed by atoms with Crippen LogP contribution in [0.2, 0.25) is 0 Å². The zero-order chi connectivity index (χ0) is 21.5. The highest BCUT2D eigenvalue weighted by molar-refractivity contribution is 6.05. The topological polar surface area (TPSA) is 62.7 Å². The summed E-state index contributed by atoms with van der Waals surface area (Å²) in [7, 11) is 1.42. The molecule has 0 N–H and O–H groups in total. The molecule has 6 nitrogen and oxygen atoms in total. The van der Waals surface area contributed by atoms with E-state index in [2.05, 4.69) is 4.98 Å². The lowest BCUT2D eigenvalue weighted by Gasteiger charge is -2.26. The number of alkyl halides is 3. The molecule has 1 atom stereocenters. The van der Waals surface area contributed by atoms with Crippen LogP contribution < -0.4 is 9.80 Å². The number of rotatable bonds is 3. The SMILES string of the molecule is Cc1cc(C(F)(F)F)cc(N2C(=O)OC[C@H]2C(=O)N(C)c2ccc(F)c(C)c2)n1. The van der Waals surface area contributed by atoms with Crippen LogP contribution in [0.3, 0.4) is 0 Å². The Kier molecular flexibility index (Phi) is 5.20. The van der Waals surface area contributed by atoms with Gasteiger partial charge in [0.25, 0.3) is 5.91 Å². The molecule has 10 heteroatoms. The molecule has 1 aromatic carbocycles. The molecule has 1 aliphatic rings. The molecule has 0 aliphatic carbocycles. The monoisotopic (exact) mass is 411 g/mol. The zero-order valence-corrected chi connectivity index (χ0v) is 15.7. The predicted octanol–water partition coefficient (Wildman–Crippen LogP) is 3.84. The van der Waals surface area contributed by atoms with E-state index in [-0.39, 0.29) is 18.1 Å². The molecule has 2 aromatic rings. The molecule has 1 fully saturated rings. The molecule has 2 amide bonds. The molecule has 1 aliphatic heterocycles. The second-order valence-corrected chi connectivity index (χ2v) is 6.65. The van der Waals surface area contributed by atoms with Gasteiger partial charge in [-0.1, -0.05) is 0 Å². The van der Waals surface area contributed by atoms with E-state index in [4.69, 9.17) is 4.74 Å². The van der Waals surface area contributed by atoms with Crippen molar-refractivity contribution >= 4 is 23.5 Å². The van der Waals surface area contributed by atoms with Crippen molar-refractivity contribution in [2.75, 3.05) is 23.5 Å². The lowest BCUT2D eigenvalue weighted by atomic mass is 10.1. The lowest BCUT2D eigenvalue weighted by molar-refractivity contribution is -0.137. The first-order chi connectivity index (χ1) is 13.5. The molecule has 154 valence electrons. The number of pyridine rings is 1. The van der Waals surface area contributed by atoms with E-state index in [1.54, 1.807) is 0 Å². The van der Waals surface area contributed by atoms with Gasteiger partial charge >= 0.3 is 12.3 Å². The van der Waals surface area contributed by atoms with Gasteiger partial charge in [0.05, 0.1) is 5.56 Å². The van der Waals surface area contributed by atoms with Crippen LogP contribution in [-0.2, 0) is 15.7 Å². The van der Waals surface area contributed by atoms with Crippen molar-refractivity contribution in [3.8, 4) is 0 Å². The van der Waals surface area contributed by atoms with Crippen LogP contribution in [0.5, 0.6) is 0 Å². The lowest BCUT2D eigenvalue weighted by Crippen LogP contribution is -2.47. The van der Waals surface area contributed by atoms with E-state index in [0.29, 0.717) is 17.3 Å². The number of carbonyl (C=O) groups excluding carboxylic acids is 2. The van der Waals surface area contributed by atoms with E-state index in [1.165, 1.54) is 44.0 Å². The van der Waals surface area contributed by atoms with Crippen LogP contribution >= 0.6 is 0 Å². The summed E-state index contributed by atoms with van der Waals surface area (Å²) in [5, 5.41) is 0. The van der Waals surface area contributed by atoms with Gasteiger partial charge in [-0.25, -0.2) is 19.1 Å². The van der Waals surface area contributed by atoms with Gasteiger partial charge in [-0.15, -0.1) is 0 Å². The van der Waals surface area contributed by atoms with E-state index in [0.717, 1.165) is 11.0 Å². The summed E-state index contributed by atoms with van der Waals surface area (Å²) in [5.41, 5.74) is -0.286. The first-order valence-corrected chi connectivity index (χ1v) is 8.54. The van der Waals surface area contributed by atoms with E-state index in [1.807, 2.05) is 0 Å². The van der Waals surface area contributed by atoms with Crippen molar-refractivity contribution in [2.24, 2.45) is 0 Å². The number of carbonyl (C=O) groups is 2. The Morgan fingerprint density at radius 3 is 2.55 bits per heavy atom. The Morgan fingerprint density at radius 1 is 1.24 bits per heavy atom. The third-order valence-corrected chi connectivity index (χ3v) is 4.53. The van der Waals surface area contributed by atoms with Crippen molar-refractivity contribution in [3.05, 3.63) is 53.0 Å². The van der Waals surface area contributed by atoms with Crippen molar-refractivity contribution in [3.63, 3.8) is 0 Å². The minimum atomic E-state index is -4.64. The molecule has 0 spiro atoms. The maximum absolute atomic E-state index is 13.5. The van der Waals surface area contributed by atoms with Gasteiger partial charge in [-0.05, 0) is 49.7 Å². The second-order valence-electron chi connectivity index (χ2n) is 6.65. The Bertz CT molecular complexity index is 978. The first-order valence-electron chi connectivity index (χ1n) is 8.54. The Morgan fingerprint density at radius 2 is 1.93 bits per heavy atom. The molecule has 0 saturated carbocycles. The van der Waals surface area contributed by atoms with Crippen molar-refractivity contribution in [2.45, 2.75) is 26.1 Å². The minimum absolute atomic E-state index is 0.0308. The largest absolute Gasteiger partial charge is 0.446 e. The second kappa shape index (κ2) is 7.34. The van der Waals surface area contributed by atoms with Crippen molar-refractivity contribution in [1.82, 2.24) is 4.98 Å². The fraction of sp³-hybridized carbons (Fsp3) is 0.316. The summed E-state index contributed by atoms with van der Waals surface area (Å²) in [5.74, 6) is -1.39. The molecular formula is C19H17F4N3O3. The van der Waals surface area contributed by atoms with Crippen LogP contribution in [0, 0.1) is 19.7 Å². The minimum Gasteiger partial charge on any atom is -0.446 e. The number of aryl methyl sites for hydroxylation is 2. The van der Waals surface area contributed by atoms with E-state index >= 15 is 0 Å². The summed E-state index contributed by atoms with van der Waals surface area (Å²) < 4.78 is 57.8. The number of halogens is 4. The average Bonchev–Trinajstić information content (AvgIpc) is 3.03. The van der Waals surface area contributed by atoms with Gasteiger partial charge in [0.1, 0.15) is 18.2 Å². The summed E-state index contributed by atoms with van der Waals surface area (Å²) in [6.07, 6.45) is -5.62. The highest BCUT2D eigenvalue weighted by atomic mass is 19.4. The number of hydrogen-bond acceptors (Lipinski definition) is 4. The molecule has 0 unspecified atom stereocenters. The Labute approximate surface area is 163 Å². The number of aromatic nitrogens is 1. The van der Waals surface area contributed by atoms with Gasteiger partial charge in [0.15, 0.2) is 6.04 Å². The quantitative estimate of drug-likeness (QED) is 0.720. The zero-order valence-electron chi connectivity index (χ0n) is 15.7. The van der Waals surface area contributed by atoms with Crippen molar-refractivity contribution < 1.29 is 31.9 Å². The molecule has 0 bridgehead atoms. The van der Waals surface area contributed by atoms with Crippen LogP contribution in [-0.4, -0.2) is 36.7 Å². The number of ether oxygens (including phenoxy) is 1. The van der Waals surface area contributed by atoms with Crippen molar-refractivity contribution in [1.29, 1.82) is 0 Å². The number of nitrogens with zero attached hydrogens (tertiary/aromatic N) is 3. The van der Waals surface area contributed by atoms with Gasteiger partial charge in [-0.3, -0.25) is 4.79 Å². The number of anilines is 2. The normalized spacial score (nSPS) is 16.7. The Hall–Kier alpha value is -3.17. The number of cyclic esters (lactones) is 1. The summed E-state index contributed by atoms with van der Waals surface area (Å²) in [4.78, 5) is 31.1. The number of likely N-dealkylation sites (N-methyl/N-ethyl adjacent to an activating group) is 1. The molecule has 1 saturated heterocycles. The third-order valence-electron chi connectivity index (χ3n) is 4.53. The van der Waals surface area contributed by atoms with Crippen LogP contribution in [0.4, 0.5) is 33.9 Å². The van der Waals surface area contributed by atoms with E-state index < -0.39 is 35.6 Å². The number of amides is 2. The fourth-order valence-corrected chi connectivity index (χ4v) is 2.98. The summed E-state index contributed by atoms with van der Waals surface area (Å²) in [6.45, 7) is 2.53. The van der Waals surface area contributed by atoms with Gasteiger partial charge in [0.2, 0.25) is 0 Å². The van der Waals surface area contributed by atoms with Gasteiger partial charge < -0.3 is 9.64 Å². The molecule has 29 heavy (non-hydrogen) atoms. The summed E-state index contributed by atoms with van der Waals surface area (Å²) in [6, 6.07) is 4.35. The number of benzene rings is 1. The van der Waals surface area contributed by atoms with Crippen LogP contribution in [0.25, 0.3) is 0 Å².